The number of rotatable bonds is 6. The minimum atomic E-state index is -0.205. The van der Waals surface area contributed by atoms with Crippen molar-refractivity contribution in [1.82, 2.24) is 10.2 Å². The zero-order chi connectivity index (χ0) is 17.0. The van der Waals surface area contributed by atoms with E-state index in [9.17, 15) is 9.59 Å². The zero-order valence-corrected chi connectivity index (χ0v) is 16.1. The van der Waals surface area contributed by atoms with Crippen LogP contribution in [0.15, 0.2) is 0 Å². The van der Waals surface area contributed by atoms with Crippen molar-refractivity contribution in [2.45, 2.75) is 71.4 Å². The van der Waals surface area contributed by atoms with Crippen molar-refractivity contribution < 1.29 is 9.59 Å². The van der Waals surface area contributed by atoms with E-state index in [-0.39, 0.29) is 36.2 Å². The Labute approximate surface area is 152 Å². The first-order chi connectivity index (χ1) is 10.9. The monoisotopic (exact) mass is 359 g/mol. The van der Waals surface area contributed by atoms with Gasteiger partial charge in [-0.15, -0.1) is 12.4 Å². The summed E-state index contributed by atoms with van der Waals surface area (Å²) in [6.45, 7) is 7.57. The highest BCUT2D eigenvalue weighted by molar-refractivity contribution is 5.89. The molecule has 1 heterocycles. The summed E-state index contributed by atoms with van der Waals surface area (Å²) >= 11 is 0. The highest BCUT2D eigenvalue weighted by Crippen LogP contribution is 2.31. The maximum absolute atomic E-state index is 12.5. The van der Waals surface area contributed by atoms with Gasteiger partial charge in [-0.25, -0.2) is 0 Å². The fourth-order valence-corrected chi connectivity index (χ4v) is 3.92. The van der Waals surface area contributed by atoms with Gasteiger partial charge in [0.05, 0.1) is 5.92 Å². The number of nitrogens with one attached hydrogen (secondary N) is 1. The molecule has 2 aliphatic rings. The van der Waals surface area contributed by atoms with Crippen molar-refractivity contribution >= 4 is 24.2 Å². The average Bonchev–Trinajstić information content (AvgIpc) is 2.89. The first-order valence-electron chi connectivity index (χ1n) is 9.20. The molecule has 1 aliphatic carbocycles. The number of nitrogens with zero attached hydrogens (tertiary/aromatic N) is 1. The number of likely N-dealkylation sites (tertiary alicyclic amines) is 1. The molecule has 0 spiro atoms. The molecule has 140 valence electrons. The number of hydrogen-bond acceptors (Lipinski definition) is 3. The topological polar surface area (TPSA) is 75.4 Å². The van der Waals surface area contributed by atoms with Crippen LogP contribution in [0.4, 0.5) is 0 Å². The van der Waals surface area contributed by atoms with Crippen molar-refractivity contribution in [2.24, 2.45) is 23.5 Å². The van der Waals surface area contributed by atoms with Gasteiger partial charge in [0.2, 0.25) is 11.8 Å². The number of amides is 2. The Morgan fingerprint density at radius 2 is 1.92 bits per heavy atom. The zero-order valence-electron chi connectivity index (χ0n) is 15.3. The van der Waals surface area contributed by atoms with E-state index in [0.29, 0.717) is 31.5 Å². The second-order valence-corrected chi connectivity index (χ2v) is 7.93. The summed E-state index contributed by atoms with van der Waals surface area (Å²) in [6, 6.07) is 0.361. The van der Waals surface area contributed by atoms with Crippen molar-refractivity contribution in [3.05, 3.63) is 0 Å². The minimum Gasteiger partial charge on any atom is -0.352 e. The molecule has 0 aromatic rings. The van der Waals surface area contributed by atoms with E-state index in [1.54, 1.807) is 0 Å². The largest absolute Gasteiger partial charge is 0.352 e. The highest BCUT2D eigenvalue weighted by atomic mass is 35.5. The molecule has 2 rings (SSSR count). The molecular formula is C18H34ClN3O2. The third-order valence-electron chi connectivity index (χ3n) is 5.34. The Kier molecular flexibility index (Phi) is 8.51. The molecule has 0 aromatic heterocycles. The fourth-order valence-electron chi connectivity index (χ4n) is 3.92. The summed E-state index contributed by atoms with van der Waals surface area (Å²) in [5.41, 5.74) is 5.76. The number of carbonyl (C=O) groups is 2. The molecule has 0 radical (unpaired) electrons. The van der Waals surface area contributed by atoms with Crippen LogP contribution in [-0.4, -0.2) is 41.9 Å². The molecule has 2 fully saturated rings. The third-order valence-corrected chi connectivity index (χ3v) is 5.34. The quantitative estimate of drug-likeness (QED) is 0.764. The smallest absolute Gasteiger partial charge is 0.225 e. The van der Waals surface area contributed by atoms with Crippen LogP contribution in [0.2, 0.25) is 0 Å². The van der Waals surface area contributed by atoms with Gasteiger partial charge in [0.15, 0.2) is 0 Å². The molecule has 1 saturated carbocycles. The Morgan fingerprint density at radius 1 is 1.29 bits per heavy atom. The molecule has 0 bridgehead atoms. The van der Waals surface area contributed by atoms with Crippen molar-refractivity contribution in [3.8, 4) is 0 Å². The molecule has 2 atom stereocenters. The molecule has 2 amide bonds. The lowest BCUT2D eigenvalue weighted by molar-refractivity contribution is -0.131. The minimum absolute atomic E-state index is 0. The number of halogens is 1. The van der Waals surface area contributed by atoms with Crippen LogP contribution in [0, 0.1) is 17.8 Å². The summed E-state index contributed by atoms with van der Waals surface area (Å²) < 4.78 is 0. The summed E-state index contributed by atoms with van der Waals surface area (Å²) in [6.07, 6.45) is 5.79. The van der Waals surface area contributed by atoms with Crippen LogP contribution < -0.4 is 11.1 Å². The van der Waals surface area contributed by atoms with Crippen LogP contribution in [0.5, 0.6) is 0 Å². The summed E-state index contributed by atoms with van der Waals surface area (Å²) in [7, 11) is 0. The summed E-state index contributed by atoms with van der Waals surface area (Å²) in [5.74, 6) is 1.21. The first-order valence-corrected chi connectivity index (χ1v) is 9.20. The SMILES string of the molecule is CC(C)CC(CN)NC(=O)C1CC(=O)N(C2CCC(C)CC2)C1.Cl. The van der Waals surface area contributed by atoms with E-state index in [4.69, 9.17) is 5.73 Å². The Bertz CT molecular complexity index is 422. The van der Waals surface area contributed by atoms with Crippen molar-refractivity contribution in [3.63, 3.8) is 0 Å². The predicted octanol–water partition coefficient (Wildman–Crippen LogP) is 2.33. The van der Waals surface area contributed by atoms with Gasteiger partial charge in [0.1, 0.15) is 0 Å². The van der Waals surface area contributed by atoms with Crippen LogP contribution >= 0.6 is 12.4 Å². The fraction of sp³-hybridized carbons (Fsp3) is 0.889. The summed E-state index contributed by atoms with van der Waals surface area (Å²) in [5, 5.41) is 3.05. The molecule has 1 aliphatic heterocycles. The molecule has 24 heavy (non-hydrogen) atoms. The van der Waals surface area contributed by atoms with Crippen LogP contribution in [-0.2, 0) is 9.59 Å². The third kappa shape index (κ3) is 5.62. The van der Waals surface area contributed by atoms with Gasteiger partial charge in [0.25, 0.3) is 0 Å². The number of hydrogen-bond donors (Lipinski definition) is 2. The van der Waals surface area contributed by atoms with E-state index in [0.717, 1.165) is 25.2 Å². The molecule has 0 aromatic carbocycles. The highest BCUT2D eigenvalue weighted by Gasteiger charge is 2.39. The maximum atomic E-state index is 12.5. The number of carbonyl (C=O) groups excluding carboxylic acids is 2. The van der Waals surface area contributed by atoms with Crippen LogP contribution in [0.3, 0.4) is 0 Å². The lowest BCUT2D eigenvalue weighted by Crippen LogP contribution is -2.45. The Hall–Kier alpha value is -0.810. The van der Waals surface area contributed by atoms with E-state index in [1.165, 1.54) is 12.8 Å². The molecular weight excluding hydrogens is 326 g/mol. The predicted molar refractivity (Wildman–Crippen MR) is 98.9 cm³/mol. The molecule has 6 heteroatoms. The molecule has 1 saturated heterocycles. The summed E-state index contributed by atoms with van der Waals surface area (Å²) in [4.78, 5) is 26.8. The van der Waals surface area contributed by atoms with Gasteiger partial charge < -0.3 is 16.0 Å². The van der Waals surface area contributed by atoms with Gasteiger partial charge in [-0.2, -0.15) is 0 Å². The van der Waals surface area contributed by atoms with E-state index in [1.807, 2.05) is 4.90 Å². The van der Waals surface area contributed by atoms with Crippen LogP contribution in [0.25, 0.3) is 0 Å². The molecule has 3 N–H and O–H groups in total. The van der Waals surface area contributed by atoms with Gasteiger partial charge in [-0.1, -0.05) is 20.8 Å². The van der Waals surface area contributed by atoms with Gasteiger partial charge >= 0.3 is 0 Å². The average molecular weight is 360 g/mol. The number of nitrogens with two attached hydrogens (primary N) is 1. The first kappa shape index (κ1) is 21.2. The van der Waals surface area contributed by atoms with Crippen molar-refractivity contribution in [2.75, 3.05) is 13.1 Å². The normalized spacial score (nSPS) is 28.6. The van der Waals surface area contributed by atoms with Crippen LogP contribution in [0.1, 0.15) is 59.3 Å². The van der Waals surface area contributed by atoms with Gasteiger partial charge in [-0.05, 0) is 43.9 Å². The molecule has 5 nitrogen and oxygen atoms in total. The second kappa shape index (κ2) is 9.62. The maximum Gasteiger partial charge on any atom is 0.225 e. The van der Waals surface area contributed by atoms with E-state index < -0.39 is 0 Å². The van der Waals surface area contributed by atoms with Gasteiger partial charge in [-0.3, -0.25) is 9.59 Å². The van der Waals surface area contributed by atoms with Gasteiger partial charge in [0, 0.05) is 31.6 Å². The Morgan fingerprint density at radius 3 is 2.46 bits per heavy atom. The lowest BCUT2D eigenvalue weighted by atomic mass is 9.86. The van der Waals surface area contributed by atoms with E-state index in [2.05, 4.69) is 26.1 Å². The molecule has 2 unspecified atom stereocenters. The Balaban J connectivity index is 0.00000288. The van der Waals surface area contributed by atoms with Crippen molar-refractivity contribution in [1.29, 1.82) is 0 Å². The van der Waals surface area contributed by atoms with E-state index >= 15 is 0 Å². The standard InChI is InChI=1S/C18H33N3O2.ClH/c1-12(2)8-15(10-19)20-18(23)14-9-17(22)21(11-14)16-6-4-13(3)5-7-16;/h12-16H,4-11,19H2,1-3H3,(H,20,23);1H. The second-order valence-electron chi connectivity index (χ2n) is 7.93. The lowest BCUT2D eigenvalue weighted by Gasteiger charge is -2.33.